The molecule has 1 aliphatic heterocycles. The third-order valence-electron chi connectivity index (χ3n) is 3.30. The Bertz CT molecular complexity index is 477. The van der Waals surface area contributed by atoms with E-state index in [4.69, 9.17) is 19.7 Å². The molecule has 0 bridgehead atoms. The van der Waals surface area contributed by atoms with Gasteiger partial charge in [-0.25, -0.2) is 0 Å². The zero-order chi connectivity index (χ0) is 15.6. The predicted molar refractivity (Wildman–Crippen MR) is 68.4 cm³/mol. The van der Waals surface area contributed by atoms with Gasteiger partial charge >= 0.3 is 0 Å². The van der Waals surface area contributed by atoms with Crippen molar-refractivity contribution >= 4 is 0 Å². The summed E-state index contributed by atoms with van der Waals surface area (Å²) in [6.07, 6.45) is -7.05. The van der Waals surface area contributed by atoms with Crippen LogP contribution in [0.5, 0.6) is 11.5 Å². The summed E-state index contributed by atoms with van der Waals surface area (Å²) in [6.45, 7) is -0.825. The number of phenolic OH excluding ortho intramolecular Hbond substituents is 1. The number of ether oxygens (including phenoxy) is 2. The van der Waals surface area contributed by atoms with Gasteiger partial charge in [-0.05, 0) is 17.7 Å². The lowest BCUT2D eigenvalue weighted by Crippen LogP contribution is -2.60. The molecule has 1 aromatic rings. The van der Waals surface area contributed by atoms with Gasteiger partial charge in [-0.1, -0.05) is 6.07 Å². The highest BCUT2D eigenvalue weighted by Gasteiger charge is 2.44. The fourth-order valence-electron chi connectivity index (χ4n) is 2.05. The van der Waals surface area contributed by atoms with Crippen molar-refractivity contribution in [1.29, 1.82) is 0 Å². The van der Waals surface area contributed by atoms with E-state index < -0.39 is 37.3 Å². The highest BCUT2D eigenvalue weighted by molar-refractivity contribution is 5.41. The van der Waals surface area contributed by atoms with Gasteiger partial charge in [0.05, 0.1) is 13.2 Å². The Balaban J connectivity index is 2.14. The summed E-state index contributed by atoms with van der Waals surface area (Å²) in [5.41, 5.74) is 0.466. The lowest BCUT2D eigenvalue weighted by molar-refractivity contribution is -0.277. The molecule has 1 fully saturated rings. The normalized spacial score (nSPS) is 32.9. The van der Waals surface area contributed by atoms with Gasteiger partial charge in [0, 0.05) is 0 Å². The lowest BCUT2D eigenvalue weighted by atomic mass is 9.99. The lowest BCUT2D eigenvalue weighted by Gasteiger charge is -2.39. The SMILES string of the molecule is OCc1ccc(O[C@@H]2O[C@H](CO)[C@@H](O)[C@@H](O)[C@H]2O)c(O)c1. The van der Waals surface area contributed by atoms with Crippen molar-refractivity contribution in [2.75, 3.05) is 6.61 Å². The number of benzene rings is 1. The molecule has 0 aromatic heterocycles. The van der Waals surface area contributed by atoms with E-state index >= 15 is 0 Å². The van der Waals surface area contributed by atoms with Crippen LogP contribution in [-0.4, -0.2) is 68.0 Å². The van der Waals surface area contributed by atoms with E-state index in [0.29, 0.717) is 5.56 Å². The number of phenols is 1. The molecule has 0 amide bonds. The average Bonchev–Trinajstić information content (AvgIpc) is 2.49. The van der Waals surface area contributed by atoms with E-state index in [0.717, 1.165) is 0 Å². The Morgan fingerprint density at radius 1 is 1.05 bits per heavy atom. The van der Waals surface area contributed by atoms with Crippen molar-refractivity contribution < 1.29 is 40.1 Å². The van der Waals surface area contributed by atoms with E-state index in [2.05, 4.69) is 0 Å². The second kappa shape index (κ2) is 6.56. The first kappa shape index (κ1) is 16.0. The quantitative estimate of drug-likeness (QED) is 0.378. The number of rotatable bonds is 4. The molecular formula is C13H18O8. The van der Waals surface area contributed by atoms with E-state index in [1.54, 1.807) is 0 Å². The number of hydrogen-bond donors (Lipinski definition) is 6. The molecule has 5 atom stereocenters. The minimum absolute atomic E-state index is 0.0310. The van der Waals surface area contributed by atoms with Gasteiger partial charge in [0.2, 0.25) is 6.29 Å². The molecule has 0 aliphatic carbocycles. The summed E-state index contributed by atoms with van der Waals surface area (Å²) in [5.74, 6) is -0.310. The Labute approximate surface area is 120 Å². The molecule has 6 N–H and O–H groups in total. The second-order valence-electron chi connectivity index (χ2n) is 4.78. The van der Waals surface area contributed by atoms with Crippen molar-refractivity contribution in [3.8, 4) is 11.5 Å². The topological polar surface area (TPSA) is 140 Å². The van der Waals surface area contributed by atoms with Crippen LogP contribution < -0.4 is 4.74 Å². The van der Waals surface area contributed by atoms with Crippen LogP contribution in [0, 0.1) is 0 Å². The molecule has 1 aromatic carbocycles. The third-order valence-corrected chi connectivity index (χ3v) is 3.30. The zero-order valence-corrected chi connectivity index (χ0v) is 11.0. The fourth-order valence-corrected chi connectivity index (χ4v) is 2.05. The summed E-state index contributed by atoms with van der Waals surface area (Å²) >= 11 is 0. The Hall–Kier alpha value is -1.42. The molecule has 21 heavy (non-hydrogen) atoms. The van der Waals surface area contributed by atoms with Crippen molar-refractivity contribution in [3.05, 3.63) is 23.8 Å². The minimum atomic E-state index is -1.56. The van der Waals surface area contributed by atoms with Crippen molar-refractivity contribution in [2.45, 2.75) is 37.3 Å². The molecule has 0 saturated carbocycles. The second-order valence-corrected chi connectivity index (χ2v) is 4.78. The average molecular weight is 302 g/mol. The van der Waals surface area contributed by atoms with Crippen LogP contribution in [0.3, 0.4) is 0 Å². The first-order chi connectivity index (χ1) is 9.97. The first-order valence-corrected chi connectivity index (χ1v) is 6.38. The molecule has 0 radical (unpaired) electrons. The molecule has 8 nitrogen and oxygen atoms in total. The molecular weight excluding hydrogens is 284 g/mol. The van der Waals surface area contributed by atoms with Crippen molar-refractivity contribution in [1.82, 2.24) is 0 Å². The predicted octanol–water partition coefficient (Wildman–Crippen LogP) is -1.94. The zero-order valence-electron chi connectivity index (χ0n) is 11.0. The number of aromatic hydroxyl groups is 1. The van der Waals surface area contributed by atoms with Crippen molar-refractivity contribution in [2.24, 2.45) is 0 Å². The molecule has 0 unspecified atom stereocenters. The van der Waals surface area contributed by atoms with Gasteiger partial charge in [0.25, 0.3) is 0 Å². The molecule has 118 valence electrons. The van der Waals surface area contributed by atoms with Crippen LogP contribution in [0.1, 0.15) is 5.56 Å². The number of hydrogen-bond acceptors (Lipinski definition) is 8. The highest BCUT2D eigenvalue weighted by Crippen LogP contribution is 2.31. The molecule has 2 rings (SSSR count). The van der Waals surface area contributed by atoms with Crippen LogP contribution in [-0.2, 0) is 11.3 Å². The monoisotopic (exact) mass is 302 g/mol. The first-order valence-electron chi connectivity index (χ1n) is 6.38. The standard InChI is InChI=1S/C13H18O8/c14-4-6-1-2-8(7(16)3-6)20-13-12(19)11(18)10(17)9(5-15)21-13/h1-3,9-19H,4-5H2/t9-,10-,11-,12-,13-/m1/s1. The Morgan fingerprint density at radius 3 is 2.33 bits per heavy atom. The van der Waals surface area contributed by atoms with Crippen LogP contribution >= 0.6 is 0 Å². The van der Waals surface area contributed by atoms with E-state index in [1.165, 1.54) is 18.2 Å². The maximum absolute atomic E-state index is 9.81. The summed E-state index contributed by atoms with van der Waals surface area (Å²) in [4.78, 5) is 0. The molecule has 8 heteroatoms. The largest absolute Gasteiger partial charge is 0.504 e. The van der Waals surface area contributed by atoms with Crippen LogP contribution in [0.25, 0.3) is 0 Å². The molecule has 1 heterocycles. The van der Waals surface area contributed by atoms with E-state index in [9.17, 15) is 20.4 Å². The summed E-state index contributed by atoms with van der Waals surface area (Å²) in [5, 5.41) is 56.8. The van der Waals surface area contributed by atoms with Crippen LogP contribution in [0.15, 0.2) is 18.2 Å². The van der Waals surface area contributed by atoms with Gasteiger partial charge in [0.1, 0.15) is 24.4 Å². The number of aliphatic hydroxyl groups excluding tert-OH is 5. The van der Waals surface area contributed by atoms with Gasteiger partial charge in [0.15, 0.2) is 11.5 Å². The maximum atomic E-state index is 9.81. The highest BCUT2D eigenvalue weighted by atomic mass is 16.7. The summed E-state index contributed by atoms with van der Waals surface area (Å²) in [7, 11) is 0. The van der Waals surface area contributed by atoms with Gasteiger partial charge < -0.3 is 40.1 Å². The van der Waals surface area contributed by atoms with Gasteiger partial charge in [-0.2, -0.15) is 0 Å². The van der Waals surface area contributed by atoms with Crippen molar-refractivity contribution in [3.63, 3.8) is 0 Å². The fraction of sp³-hybridized carbons (Fsp3) is 0.538. The van der Waals surface area contributed by atoms with E-state index in [-0.39, 0.29) is 18.1 Å². The molecule has 1 aliphatic rings. The molecule has 0 spiro atoms. The summed E-state index contributed by atoms with van der Waals surface area (Å²) in [6, 6.07) is 4.14. The van der Waals surface area contributed by atoms with Gasteiger partial charge in [-0.15, -0.1) is 0 Å². The Kier molecular flexibility index (Phi) is 4.99. The van der Waals surface area contributed by atoms with Gasteiger partial charge in [-0.3, -0.25) is 0 Å². The smallest absolute Gasteiger partial charge is 0.229 e. The minimum Gasteiger partial charge on any atom is -0.504 e. The number of aliphatic hydroxyl groups is 5. The van der Waals surface area contributed by atoms with Crippen LogP contribution in [0.4, 0.5) is 0 Å². The van der Waals surface area contributed by atoms with E-state index in [1.807, 2.05) is 0 Å². The van der Waals surface area contributed by atoms with Crippen LogP contribution in [0.2, 0.25) is 0 Å². The maximum Gasteiger partial charge on any atom is 0.229 e. The summed E-state index contributed by atoms with van der Waals surface area (Å²) < 4.78 is 10.4. The third kappa shape index (κ3) is 3.26. The Morgan fingerprint density at radius 2 is 1.76 bits per heavy atom. The molecule has 1 saturated heterocycles.